The van der Waals surface area contributed by atoms with E-state index in [0.717, 1.165) is 16.5 Å². The predicted octanol–water partition coefficient (Wildman–Crippen LogP) is 2.50. The van der Waals surface area contributed by atoms with Crippen molar-refractivity contribution in [2.75, 3.05) is 11.9 Å². The first-order valence-corrected chi connectivity index (χ1v) is 5.55. The SMILES string of the molecule is CC(CO)Nc1ccc2c(C#N)cccc2c1. The summed E-state index contributed by atoms with van der Waals surface area (Å²) < 4.78 is 0. The van der Waals surface area contributed by atoms with Crippen LogP contribution in [0.4, 0.5) is 5.69 Å². The fourth-order valence-corrected chi connectivity index (χ4v) is 1.80. The molecule has 17 heavy (non-hydrogen) atoms. The van der Waals surface area contributed by atoms with E-state index in [1.54, 1.807) is 0 Å². The number of nitrogens with one attached hydrogen (secondary N) is 1. The van der Waals surface area contributed by atoms with Crippen LogP contribution in [0, 0.1) is 11.3 Å². The summed E-state index contributed by atoms with van der Waals surface area (Å²) in [5.74, 6) is 0. The average molecular weight is 226 g/mol. The van der Waals surface area contributed by atoms with Crippen LogP contribution in [0.2, 0.25) is 0 Å². The molecule has 2 aromatic rings. The molecule has 1 unspecified atom stereocenters. The first kappa shape index (κ1) is 11.4. The van der Waals surface area contributed by atoms with Gasteiger partial charge in [0.1, 0.15) is 0 Å². The van der Waals surface area contributed by atoms with E-state index in [2.05, 4.69) is 11.4 Å². The van der Waals surface area contributed by atoms with E-state index in [0.29, 0.717) is 5.56 Å². The highest BCUT2D eigenvalue weighted by molar-refractivity contribution is 5.90. The normalized spacial score (nSPS) is 12.1. The molecule has 0 spiro atoms. The third-order valence-electron chi connectivity index (χ3n) is 2.69. The molecular weight excluding hydrogens is 212 g/mol. The van der Waals surface area contributed by atoms with Crippen molar-refractivity contribution in [1.29, 1.82) is 5.26 Å². The molecule has 3 nitrogen and oxygen atoms in total. The summed E-state index contributed by atoms with van der Waals surface area (Å²) in [5, 5.41) is 23.1. The van der Waals surface area contributed by atoms with Crippen LogP contribution in [0.5, 0.6) is 0 Å². The number of aliphatic hydroxyl groups is 1. The van der Waals surface area contributed by atoms with Gasteiger partial charge in [0.15, 0.2) is 0 Å². The van der Waals surface area contributed by atoms with Crippen LogP contribution in [0.15, 0.2) is 36.4 Å². The summed E-state index contributed by atoms with van der Waals surface area (Å²) in [6, 6.07) is 13.7. The lowest BCUT2D eigenvalue weighted by Crippen LogP contribution is -2.19. The van der Waals surface area contributed by atoms with Crippen molar-refractivity contribution in [1.82, 2.24) is 0 Å². The Hall–Kier alpha value is -2.05. The molecule has 0 fully saturated rings. The van der Waals surface area contributed by atoms with E-state index in [1.807, 2.05) is 43.3 Å². The smallest absolute Gasteiger partial charge is 0.0998 e. The van der Waals surface area contributed by atoms with Gasteiger partial charge in [-0.3, -0.25) is 0 Å². The Morgan fingerprint density at radius 2 is 2.18 bits per heavy atom. The Morgan fingerprint density at radius 1 is 1.35 bits per heavy atom. The van der Waals surface area contributed by atoms with E-state index in [-0.39, 0.29) is 12.6 Å². The third kappa shape index (κ3) is 2.38. The first-order valence-electron chi connectivity index (χ1n) is 5.55. The molecule has 0 saturated carbocycles. The van der Waals surface area contributed by atoms with Gasteiger partial charge in [-0.25, -0.2) is 0 Å². The number of hydrogen-bond donors (Lipinski definition) is 2. The lowest BCUT2D eigenvalue weighted by Gasteiger charge is -2.13. The highest BCUT2D eigenvalue weighted by Crippen LogP contribution is 2.22. The number of hydrogen-bond acceptors (Lipinski definition) is 3. The van der Waals surface area contributed by atoms with Crippen LogP contribution in [0.25, 0.3) is 10.8 Å². The van der Waals surface area contributed by atoms with Gasteiger partial charge in [0.25, 0.3) is 0 Å². The van der Waals surface area contributed by atoms with Gasteiger partial charge in [-0.15, -0.1) is 0 Å². The Bertz CT molecular complexity index is 572. The van der Waals surface area contributed by atoms with E-state index >= 15 is 0 Å². The van der Waals surface area contributed by atoms with Crippen LogP contribution >= 0.6 is 0 Å². The lowest BCUT2D eigenvalue weighted by molar-refractivity contribution is 0.281. The van der Waals surface area contributed by atoms with Gasteiger partial charge in [-0.05, 0) is 35.9 Å². The van der Waals surface area contributed by atoms with Crippen LogP contribution < -0.4 is 5.32 Å². The summed E-state index contributed by atoms with van der Waals surface area (Å²) in [5.41, 5.74) is 1.64. The fraction of sp³-hybridized carbons (Fsp3) is 0.214. The molecule has 0 radical (unpaired) electrons. The van der Waals surface area contributed by atoms with Gasteiger partial charge in [0.05, 0.1) is 18.2 Å². The van der Waals surface area contributed by atoms with Crippen molar-refractivity contribution in [3.63, 3.8) is 0 Å². The maximum absolute atomic E-state index is 8.99. The minimum Gasteiger partial charge on any atom is -0.394 e. The molecule has 0 aliphatic rings. The molecule has 0 aromatic heterocycles. The number of benzene rings is 2. The van der Waals surface area contributed by atoms with Crippen LogP contribution in [0.1, 0.15) is 12.5 Å². The predicted molar refractivity (Wildman–Crippen MR) is 68.8 cm³/mol. The maximum Gasteiger partial charge on any atom is 0.0998 e. The number of fused-ring (bicyclic) bond motifs is 1. The first-order chi connectivity index (χ1) is 8.24. The monoisotopic (exact) mass is 226 g/mol. The van der Waals surface area contributed by atoms with Gasteiger partial charge in [-0.1, -0.05) is 18.2 Å². The summed E-state index contributed by atoms with van der Waals surface area (Å²) in [6.45, 7) is 2.01. The number of anilines is 1. The standard InChI is InChI=1S/C14H14N2O/c1-10(9-17)16-13-5-6-14-11(7-13)3-2-4-12(14)8-15/h2-7,10,16-17H,9H2,1H3. The molecule has 2 aromatic carbocycles. The van der Waals surface area contributed by atoms with Gasteiger partial charge in [0.2, 0.25) is 0 Å². The van der Waals surface area contributed by atoms with Gasteiger partial charge >= 0.3 is 0 Å². The zero-order valence-corrected chi connectivity index (χ0v) is 9.64. The van der Waals surface area contributed by atoms with Crippen molar-refractivity contribution in [3.8, 4) is 6.07 Å². The van der Waals surface area contributed by atoms with Crippen molar-refractivity contribution in [3.05, 3.63) is 42.0 Å². The lowest BCUT2D eigenvalue weighted by atomic mass is 10.0. The number of rotatable bonds is 3. The molecule has 0 bridgehead atoms. The van der Waals surface area contributed by atoms with E-state index in [1.165, 1.54) is 0 Å². The van der Waals surface area contributed by atoms with Crippen LogP contribution in [-0.4, -0.2) is 17.8 Å². The molecule has 1 atom stereocenters. The maximum atomic E-state index is 8.99. The summed E-state index contributed by atoms with van der Waals surface area (Å²) in [4.78, 5) is 0. The molecule has 2 rings (SSSR count). The molecule has 0 heterocycles. The molecule has 0 amide bonds. The summed E-state index contributed by atoms with van der Waals surface area (Å²) in [7, 11) is 0. The number of nitrogens with zero attached hydrogens (tertiary/aromatic N) is 1. The van der Waals surface area contributed by atoms with Gasteiger partial charge < -0.3 is 10.4 Å². The topological polar surface area (TPSA) is 56.0 Å². The molecule has 86 valence electrons. The molecular formula is C14H14N2O. The second-order valence-electron chi connectivity index (χ2n) is 4.08. The van der Waals surface area contributed by atoms with E-state index in [9.17, 15) is 0 Å². The Morgan fingerprint density at radius 3 is 2.88 bits per heavy atom. The molecule has 2 N–H and O–H groups in total. The van der Waals surface area contributed by atoms with Crippen molar-refractivity contribution in [2.45, 2.75) is 13.0 Å². The Balaban J connectivity index is 2.42. The van der Waals surface area contributed by atoms with Gasteiger partial charge in [-0.2, -0.15) is 5.26 Å². The van der Waals surface area contributed by atoms with Crippen molar-refractivity contribution < 1.29 is 5.11 Å². The zero-order chi connectivity index (χ0) is 12.3. The highest BCUT2D eigenvalue weighted by atomic mass is 16.3. The second kappa shape index (κ2) is 4.86. The summed E-state index contributed by atoms with van der Waals surface area (Å²) in [6.07, 6.45) is 0. The van der Waals surface area contributed by atoms with Crippen LogP contribution in [0.3, 0.4) is 0 Å². The number of aliphatic hydroxyl groups excluding tert-OH is 1. The molecule has 0 aliphatic heterocycles. The third-order valence-corrected chi connectivity index (χ3v) is 2.69. The minimum absolute atomic E-state index is 0.0200. The average Bonchev–Trinajstić information content (AvgIpc) is 2.37. The van der Waals surface area contributed by atoms with Crippen molar-refractivity contribution in [2.24, 2.45) is 0 Å². The molecule has 3 heteroatoms. The minimum atomic E-state index is 0.0200. The highest BCUT2D eigenvalue weighted by Gasteiger charge is 2.03. The number of nitriles is 1. The van der Waals surface area contributed by atoms with Gasteiger partial charge in [0, 0.05) is 11.7 Å². The summed E-state index contributed by atoms with van der Waals surface area (Å²) >= 11 is 0. The Kier molecular flexibility index (Phi) is 3.27. The Labute approximate surface area is 100 Å². The van der Waals surface area contributed by atoms with E-state index in [4.69, 9.17) is 10.4 Å². The van der Waals surface area contributed by atoms with E-state index < -0.39 is 0 Å². The molecule has 0 aliphatic carbocycles. The van der Waals surface area contributed by atoms with Crippen LogP contribution in [-0.2, 0) is 0 Å². The quantitative estimate of drug-likeness (QED) is 0.845. The van der Waals surface area contributed by atoms with Crippen molar-refractivity contribution >= 4 is 16.5 Å². The second-order valence-corrected chi connectivity index (χ2v) is 4.08. The molecule has 0 saturated heterocycles. The fourth-order valence-electron chi connectivity index (χ4n) is 1.80. The zero-order valence-electron chi connectivity index (χ0n) is 9.64. The largest absolute Gasteiger partial charge is 0.394 e.